The molecule has 1 N–H and O–H groups in total. The van der Waals surface area contributed by atoms with Crippen LogP contribution >= 0.6 is 0 Å². The molecule has 1 saturated heterocycles. The number of rotatable bonds is 7. The molecule has 160 valence electrons. The molecule has 1 aliphatic heterocycles. The monoisotopic (exact) mass is 413 g/mol. The maximum Gasteiger partial charge on any atom is 0.271 e. The van der Waals surface area contributed by atoms with Crippen molar-refractivity contribution in [2.24, 2.45) is 0 Å². The van der Waals surface area contributed by atoms with Gasteiger partial charge < -0.3 is 14.8 Å². The van der Waals surface area contributed by atoms with Gasteiger partial charge in [-0.05, 0) is 43.1 Å². The van der Waals surface area contributed by atoms with Gasteiger partial charge in [-0.25, -0.2) is 0 Å². The molecule has 1 aliphatic rings. The molecule has 8 nitrogen and oxygen atoms in total. The lowest BCUT2D eigenvalue weighted by atomic mass is 10.0. The van der Waals surface area contributed by atoms with Crippen LogP contribution in [0.4, 0.5) is 11.4 Å². The first-order valence-electron chi connectivity index (χ1n) is 10.0. The number of carbonyl (C=O) groups is 1. The van der Waals surface area contributed by atoms with Crippen LogP contribution in [0.2, 0.25) is 0 Å². The molecule has 0 spiro atoms. The number of nitro groups is 1. The first-order chi connectivity index (χ1) is 14.5. The van der Waals surface area contributed by atoms with Crippen molar-refractivity contribution in [3.8, 4) is 11.5 Å². The van der Waals surface area contributed by atoms with E-state index in [-0.39, 0.29) is 24.2 Å². The van der Waals surface area contributed by atoms with Gasteiger partial charge in [0.25, 0.3) is 5.69 Å². The van der Waals surface area contributed by atoms with E-state index in [4.69, 9.17) is 9.47 Å². The van der Waals surface area contributed by atoms with Crippen LogP contribution in [-0.4, -0.2) is 43.0 Å². The third-order valence-corrected chi connectivity index (χ3v) is 5.38. The lowest BCUT2D eigenvalue weighted by Crippen LogP contribution is -2.36. The van der Waals surface area contributed by atoms with E-state index >= 15 is 0 Å². The first-order valence-corrected chi connectivity index (χ1v) is 10.0. The summed E-state index contributed by atoms with van der Waals surface area (Å²) in [7, 11) is 3.10. The lowest BCUT2D eigenvalue weighted by Gasteiger charge is -2.30. The zero-order valence-electron chi connectivity index (χ0n) is 17.3. The van der Waals surface area contributed by atoms with Crippen molar-refractivity contribution in [2.75, 3.05) is 32.6 Å². The van der Waals surface area contributed by atoms with E-state index in [2.05, 4.69) is 10.2 Å². The molecule has 0 unspecified atom stereocenters. The quantitative estimate of drug-likeness (QED) is 0.541. The number of nitro benzene ring substituents is 1. The van der Waals surface area contributed by atoms with E-state index in [0.717, 1.165) is 43.5 Å². The molecule has 1 atom stereocenters. The molecule has 2 aromatic carbocycles. The third kappa shape index (κ3) is 5.27. The molecule has 0 aromatic heterocycles. The Morgan fingerprint density at radius 3 is 2.57 bits per heavy atom. The molecule has 3 rings (SSSR count). The second-order valence-corrected chi connectivity index (χ2v) is 7.30. The van der Waals surface area contributed by atoms with Crippen LogP contribution in [0.15, 0.2) is 42.5 Å². The van der Waals surface area contributed by atoms with E-state index in [0.29, 0.717) is 11.4 Å². The van der Waals surface area contributed by atoms with Crippen molar-refractivity contribution < 1.29 is 19.2 Å². The van der Waals surface area contributed by atoms with Gasteiger partial charge in [-0.15, -0.1) is 0 Å². The average molecular weight is 413 g/mol. The van der Waals surface area contributed by atoms with E-state index < -0.39 is 4.92 Å². The maximum atomic E-state index is 12.8. The second-order valence-electron chi connectivity index (χ2n) is 7.30. The Morgan fingerprint density at radius 1 is 1.13 bits per heavy atom. The van der Waals surface area contributed by atoms with Gasteiger partial charge in [-0.2, -0.15) is 0 Å². The molecule has 1 fully saturated rings. The Morgan fingerprint density at radius 2 is 1.90 bits per heavy atom. The van der Waals surface area contributed by atoms with Crippen molar-refractivity contribution in [3.63, 3.8) is 0 Å². The minimum Gasteiger partial charge on any atom is -0.497 e. The zero-order chi connectivity index (χ0) is 21.5. The SMILES string of the molecule is COc1ccc([C@H]2CCCCCN2CC(=O)Nc2cc([N+](=O)[O-])ccc2OC)cc1. The summed E-state index contributed by atoms with van der Waals surface area (Å²) in [5, 5.41) is 13.9. The minimum absolute atomic E-state index is 0.100. The summed E-state index contributed by atoms with van der Waals surface area (Å²) in [6, 6.07) is 12.3. The molecule has 0 bridgehead atoms. The van der Waals surface area contributed by atoms with Gasteiger partial charge in [0.2, 0.25) is 5.91 Å². The van der Waals surface area contributed by atoms with Gasteiger partial charge in [0.1, 0.15) is 11.5 Å². The largest absolute Gasteiger partial charge is 0.497 e. The average Bonchev–Trinajstić information content (AvgIpc) is 2.99. The highest BCUT2D eigenvalue weighted by atomic mass is 16.6. The number of hydrogen-bond donors (Lipinski definition) is 1. The van der Waals surface area contributed by atoms with Crippen LogP contribution in [0.25, 0.3) is 0 Å². The molecule has 1 amide bonds. The lowest BCUT2D eigenvalue weighted by molar-refractivity contribution is -0.384. The molecule has 30 heavy (non-hydrogen) atoms. The highest BCUT2D eigenvalue weighted by Gasteiger charge is 2.25. The maximum absolute atomic E-state index is 12.8. The van der Waals surface area contributed by atoms with Gasteiger partial charge >= 0.3 is 0 Å². The topological polar surface area (TPSA) is 93.9 Å². The predicted molar refractivity (Wildman–Crippen MR) is 114 cm³/mol. The molecular formula is C22H27N3O5. The molecule has 0 saturated carbocycles. The van der Waals surface area contributed by atoms with Crippen molar-refractivity contribution in [2.45, 2.75) is 31.7 Å². The fraction of sp³-hybridized carbons (Fsp3) is 0.409. The fourth-order valence-electron chi connectivity index (χ4n) is 3.84. The molecule has 0 aliphatic carbocycles. The number of likely N-dealkylation sites (tertiary alicyclic amines) is 1. The molecule has 1 heterocycles. The summed E-state index contributed by atoms with van der Waals surface area (Å²) in [5.41, 5.74) is 1.35. The number of methoxy groups -OCH3 is 2. The van der Waals surface area contributed by atoms with Crippen LogP contribution in [0.3, 0.4) is 0 Å². The molecule has 2 aromatic rings. The fourth-order valence-corrected chi connectivity index (χ4v) is 3.84. The normalized spacial score (nSPS) is 17.1. The Balaban J connectivity index is 1.76. The van der Waals surface area contributed by atoms with Crippen molar-refractivity contribution >= 4 is 17.3 Å². The van der Waals surface area contributed by atoms with E-state index in [1.54, 1.807) is 7.11 Å². The summed E-state index contributed by atoms with van der Waals surface area (Å²) in [4.78, 5) is 25.6. The van der Waals surface area contributed by atoms with Gasteiger partial charge in [-0.3, -0.25) is 19.8 Å². The van der Waals surface area contributed by atoms with Gasteiger partial charge in [0.05, 0.1) is 31.4 Å². The zero-order valence-corrected chi connectivity index (χ0v) is 17.3. The number of nitrogens with zero attached hydrogens (tertiary/aromatic N) is 2. The summed E-state index contributed by atoms with van der Waals surface area (Å²) < 4.78 is 10.5. The number of nitrogens with one attached hydrogen (secondary N) is 1. The third-order valence-electron chi connectivity index (χ3n) is 5.38. The van der Waals surface area contributed by atoms with Gasteiger partial charge in [-0.1, -0.05) is 25.0 Å². The number of ether oxygens (including phenoxy) is 2. The van der Waals surface area contributed by atoms with E-state index in [1.165, 1.54) is 25.3 Å². The van der Waals surface area contributed by atoms with Gasteiger partial charge in [0, 0.05) is 18.2 Å². The van der Waals surface area contributed by atoms with E-state index in [1.807, 2.05) is 24.3 Å². The van der Waals surface area contributed by atoms with Crippen molar-refractivity contribution in [3.05, 3.63) is 58.1 Å². The van der Waals surface area contributed by atoms with Crippen molar-refractivity contribution in [1.82, 2.24) is 4.90 Å². The minimum atomic E-state index is -0.496. The molecular weight excluding hydrogens is 386 g/mol. The van der Waals surface area contributed by atoms with Crippen molar-refractivity contribution in [1.29, 1.82) is 0 Å². The summed E-state index contributed by atoms with van der Waals surface area (Å²) in [5.74, 6) is 0.958. The molecule has 8 heteroatoms. The number of anilines is 1. The molecule has 0 radical (unpaired) electrons. The number of hydrogen-bond acceptors (Lipinski definition) is 6. The number of benzene rings is 2. The number of non-ortho nitro benzene ring substituents is 1. The summed E-state index contributed by atoms with van der Waals surface area (Å²) in [6.45, 7) is 1.01. The van der Waals surface area contributed by atoms with Crippen LogP contribution in [-0.2, 0) is 4.79 Å². The predicted octanol–water partition coefficient (Wildman–Crippen LogP) is 4.17. The highest BCUT2D eigenvalue weighted by Crippen LogP contribution is 2.32. The smallest absolute Gasteiger partial charge is 0.271 e. The first kappa shape index (κ1) is 21.6. The highest BCUT2D eigenvalue weighted by molar-refractivity contribution is 5.94. The van der Waals surface area contributed by atoms with Crippen LogP contribution in [0.1, 0.15) is 37.3 Å². The Bertz CT molecular complexity index is 885. The Hall–Kier alpha value is -3.13. The van der Waals surface area contributed by atoms with Crippen LogP contribution < -0.4 is 14.8 Å². The van der Waals surface area contributed by atoms with Crippen LogP contribution in [0, 0.1) is 10.1 Å². The summed E-state index contributed by atoms with van der Waals surface area (Å²) >= 11 is 0. The van der Waals surface area contributed by atoms with Crippen LogP contribution in [0.5, 0.6) is 11.5 Å². The summed E-state index contributed by atoms with van der Waals surface area (Å²) in [6.07, 6.45) is 4.23. The Kier molecular flexibility index (Phi) is 7.24. The number of carbonyl (C=O) groups excluding carboxylic acids is 1. The standard InChI is InChI=1S/C22H27N3O5/c1-29-18-10-7-16(8-11-18)20-6-4-3-5-13-24(20)15-22(26)23-19-14-17(25(27)28)9-12-21(19)30-2/h7-12,14,20H,3-6,13,15H2,1-2H3,(H,23,26)/t20-/m1/s1. The number of amides is 1. The van der Waals surface area contributed by atoms with Gasteiger partial charge in [0.15, 0.2) is 0 Å². The Labute approximate surface area is 175 Å². The van der Waals surface area contributed by atoms with E-state index in [9.17, 15) is 14.9 Å². The second kappa shape index (κ2) is 10.1.